The first kappa shape index (κ1) is 25.9. The summed E-state index contributed by atoms with van der Waals surface area (Å²) >= 11 is 0. The number of carbonyl (C=O) groups excluding carboxylic acids is 4. The van der Waals surface area contributed by atoms with E-state index in [0.717, 1.165) is 10.6 Å². The molecule has 2 N–H and O–H groups in total. The molecule has 3 rings (SSSR count). The fourth-order valence-electron chi connectivity index (χ4n) is 4.46. The first-order chi connectivity index (χ1) is 16.7. The molecule has 0 aliphatic carbocycles. The molecule has 2 aliphatic heterocycles. The molecule has 2 atom stereocenters. The molecule has 190 valence electrons. The highest BCUT2D eigenvalue weighted by molar-refractivity contribution is 5.95. The van der Waals surface area contributed by atoms with Crippen molar-refractivity contribution in [3.8, 4) is 0 Å². The van der Waals surface area contributed by atoms with E-state index >= 15 is 0 Å². The Morgan fingerprint density at radius 1 is 1.14 bits per heavy atom. The third-order valence-corrected chi connectivity index (χ3v) is 6.40. The maximum absolute atomic E-state index is 13.2. The van der Waals surface area contributed by atoms with Gasteiger partial charge in [0.1, 0.15) is 18.6 Å². The first-order valence-corrected chi connectivity index (χ1v) is 11.5. The van der Waals surface area contributed by atoms with Crippen molar-refractivity contribution in [3.05, 3.63) is 24.5 Å². The number of pyridine rings is 1. The third kappa shape index (κ3) is 6.46. The molecule has 0 radical (unpaired) electrons. The molecular formula is C23H31N5O7. The fourth-order valence-corrected chi connectivity index (χ4v) is 4.46. The molecule has 35 heavy (non-hydrogen) atoms. The van der Waals surface area contributed by atoms with E-state index in [0.29, 0.717) is 25.9 Å². The molecule has 2 saturated heterocycles. The van der Waals surface area contributed by atoms with Gasteiger partial charge in [-0.2, -0.15) is 0 Å². The Hall–Kier alpha value is -3.70. The van der Waals surface area contributed by atoms with Crippen LogP contribution in [-0.4, -0.2) is 101 Å². The second-order valence-electron chi connectivity index (χ2n) is 8.68. The largest absolute Gasteiger partial charge is 0.480 e. The highest BCUT2D eigenvalue weighted by atomic mass is 16.5. The van der Waals surface area contributed by atoms with Crippen LogP contribution in [0, 0.1) is 5.92 Å². The maximum atomic E-state index is 13.2. The standard InChI is InChI=1S/C23H31N5O7/c1-15(25-21(32)16-5-9-26(10-6-16)17-3-7-24-8-4-17)22(33)28-12-11-27(14-19(29)30)23(34)18(28)13-20(31)35-2/h3-4,7-8,15-16,18H,5-6,9-14H2,1-2H3,(H,25,32)(H,29,30)/t15-,18-/m0/s1. The van der Waals surface area contributed by atoms with E-state index in [1.165, 1.54) is 18.9 Å². The number of hydrogen-bond acceptors (Lipinski definition) is 8. The number of piperazine rings is 1. The number of ether oxygens (including phenoxy) is 1. The Labute approximate surface area is 203 Å². The summed E-state index contributed by atoms with van der Waals surface area (Å²) < 4.78 is 4.65. The molecule has 0 saturated carbocycles. The SMILES string of the molecule is COC(=O)C[C@H]1C(=O)N(CC(=O)O)CCN1C(=O)[C@H](C)NC(=O)C1CCN(c2ccncc2)CC1. The van der Waals surface area contributed by atoms with Gasteiger partial charge in [-0.15, -0.1) is 0 Å². The van der Waals surface area contributed by atoms with Gasteiger partial charge >= 0.3 is 11.9 Å². The lowest BCUT2D eigenvalue weighted by molar-refractivity contribution is -0.159. The number of amides is 3. The summed E-state index contributed by atoms with van der Waals surface area (Å²) in [6.07, 6.45) is 4.31. The Morgan fingerprint density at radius 3 is 2.40 bits per heavy atom. The number of carbonyl (C=O) groups is 5. The summed E-state index contributed by atoms with van der Waals surface area (Å²) in [4.78, 5) is 70.3. The number of piperidine rings is 1. The molecule has 0 aromatic carbocycles. The predicted octanol–water partition coefficient (Wildman–Crippen LogP) is -0.510. The summed E-state index contributed by atoms with van der Waals surface area (Å²) in [5, 5.41) is 11.8. The fraction of sp³-hybridized carbons (Fsp3) is 0.565. The number of carboxylic acid groups (broad SMARTS) is 1. The quantitative estimate of drug-likeness (QED) is 0.460. The Morgan fingerprint density at radius 2 is 1.80 bits per heavy atom. The van der Waals surface area contributed by atoms with Crippen LogP contribution in [-0.2, 0) is 28.7 Å². The Bertz CT molecular complexity index is 949. The van der Waals surface area contributed by atoms with E-state index in [2.05, 4.69) is 19.9 Å². The number of nitrogens with one attached hydrogen (secondary N) is 1. The van der Waals surface area contributed by atoms with Crippen LogP contribution in [0.4, 0.5) is 5.69 Å². The number of nitrogens with zero attached hydrogens (tertiary/aromatic N) is 4. The highest BCUT2D eigenvalue weighted by Crippen LogP contribution is 2.23. The number of anilines is 1. The lowest BCUT2D eigenvalue weighted by atomic mass is 9.95. The molecule has 2 aliphatic rings. The lowest BCUT2D eigenvalue weighted by Gasteiger charge is -2.41. The zero-order valence-electron chi connectivity index (χ0n) is 19.9. The molecule has 1 aromatic heterocycles. The van der Waals surface area contributed by atoms with Crippen LogP contribution in [0.2, 0.25) is 0 Å². The minimum Gasteiger partial charge on any atom is -0.480 e. The number of rotatable bonds is 8. The smallest absolute Gasteiger partial charge is 0.323 e. The normalized spacial score (nSPS) is 19.8. The second kappa shape index (κ2) is 11.6. The van der Waals surface area contributed by atoms with E-state index in [9.17, 15) is 24.0 Å². The van der Waals surface area contributed by atoms with Gasteiger partial charge in [0.15, 0.2) is 0 Å². The molecule has 0 spiro atoms. The van der Waals surface area contributed by atoms with Crippen molar-refractivity contribution in [2.75, 3.05) is 44.7 Å². The van der Waals surface area contributed by atoms with Crippen molar-refractivity contribution >= 4 is 35.3 Å². The van der Waals surface area contributed by atoms with Gasteiger partial charge in [-0.25, -0.2) is 0 Å². The molecular weight excluding hydrogens is 458 g/mol. The number of esters is 1. The lowest BCUT2D eigenvalue weighted by Crippen LogP contribution is -2.63. The van der Waals surface area contributed by atoms with Crippen molar-refractivity contribution in [1.29, 1.82) is 0 Å². The van der Waals surface area contributed by atoms with Crippen molar-refractivity contribution in [2.45, 2.75) is 38.3 Å². The molecule has 1 aromatic rings. The molecule has 12 heteroatoms. The average molecular weight is 490 g/mol. The maximum Gasteiger partial charge on any atom is 0.323 e. The van der Waals surface area contributed by atoms with E-state index < -0.39 is 48.8 Å². The van der Waals surface area contributed by atoms with Crippen LogP contribution >= 0.6 is 0 Å². The van der Waals surface area contributed by atoms with Crippen molar-refractivity contribution < 1.29 is 33.8 Å². The monoisotopic (exact) mass is 489 g/mol. The van der Waals surface area contributed by atoms with Crippen LogP contribution in [0.1, 0.15) is 26.2 Å². The van der Waals surface area contributed by atoms with Crippen molar-refractivity contribution in [2.24, 2.45) is 5.92 Å². The van der Waals surface area contributed by atoms with Crippen molar-refractivity contribution in [3.63, 3.8) is 0 Å². The zero-order valence-corrected chi connectivity index (χ0v) is 19.9. The second-order valence-corrected chi connectivity index (χ2v) is 8.68. The summed E-state index contributed by atoms with van der Waals surface area (Å²) in [6, 6.07) is 1.73. The van der Waals surface area contributed by atoms with Crippen LogP contribution in [0.3, 0.4) is 0 Å². The number of carboxylic acids is 1. The van der Waals surface area contributed by atoms with Crippen LogP contribution in [0.15, 0.2) is 24.5 Å². The Balaban J connectivity index is 1.59. The molecule has 0 bridgehead atoms. The van der Waals surface area contributed by atoms with E-state index in [-0.39, 0.29) is 24.9 Å². The predicted molar refractivity (Wildman–Crippen MR) is 123 cm³/mol. The summed E-state index contributed by atoms with van der Waals surface area (Å²) in [5.74, 6) is -3.52. The minimum atomic E-state index is -1.19. The van der Waals surface area contributed by atoms with Crippen LogP contribution < -0.4 is 10.2 Å². The first-order valence-electron chi connectivity index (χ1n) is 11.5. The number of aromatic nitrogens is 1. The minimum absolute atomic E-state index is 0.0165. The van der Waals surface area contributed by atoms with Gasteiger partial charge in [0.25, 0.3) is 0 Å². The molecule has 2 fully saturated rings. The average Bonchev–Trinajstić information content (AvgIpc) is 2.86. The van der Waals surface area contributed by atoms with Crippen LogP contribution in [0.25, 0.3) is 0 Å². The van der Waals surface area contributed by atoms with Gasteiger partial charge in [0.2, 0.25) is 17.7 Å². The van der Waals surface area contributed by atoms with Gasteiger partial charge in [-0.3, -0.25) is 29.0 Å². The van der Waals surface area contributed by atoms with Gasteiger partial charge in [0.05, 0.1) is 13.5 Å². The molecule has 3 heterocycles. The number of methoxy groups -OCH3 is 1. The molecule has 12 nitrogen and oxygen atoms in total. The van der Waals surface area contributed by atoms with E-state index in [1.54, 1.807) is 12.4 Å². The summed E-state index contributed by atoms with van der Waals surface area (Å²) in [6.45, 7) is 2.47. The van der Waals surface area contributed by atoms with E-state index in [4.69, 9.17) is 5.11 Å². The van der Waals surface area contributed by atoms with Gasteiger partial charge in [-0.05, 0) is 31.9 Å². The number of aliphatic carboxylic acids is 1. The van der Waals surface area contributed by atoms with Gasteiger partial charge in [-0.1, -0.05) is 0 Å². The Kier molecular flexibility index (Phi) is 8.61. The topological polar surface area (TPSA) is 149 Å². The highest BCUT2D eigenvalue weighted by Gasteiger charge is 2.41. The molecule has 3 amide bonds. The summed E-state index contributed by atoms with van der Waals surface area (Å²) in [7, 11) is 1.17. The van der Waals surface area contributed by atoms with Gasteiger partial charge < -0.3 is 29.9 Å². The summed E-state index contributed by atoms with van der Waals surface area (Å²) in [5.41, 5.74) is 1.05. The van der Waals surface area contributed by atoms with Crippen LogP contribution in [0.5, 0.6) is 0 Å². The molecule has 0 unspecified atom stereocenters. The zero-order chi connectivity index (χ0) is 25.5. The van der Waals surface area contributed by atoms with Gasteiger partial charge in [0, 0.05) is 50.2 Å². The van der Waals surface area contributed by atoms with E-state index in [1.807, 2.05) is 12.1 Å². The number of hydrogen-bond donors (Lipinski definition) is 2. The third-order valence-electron chi connectivity index (χ3n) is 6.40. The van der Waals surface area contributed by atoms with Crippen molar-refractivity contribution in [1.82, 2.24) is 20.1 Å².